The largest absolute Gasteiger partial charge is 0.493 e. The standard InChI is InChI=1S/C26H37N3O3/c1-26(19-30-2)14-17-29(18-15-26)23(21-11-8-12-22(31-3)24(21)32-4)25(27)28-16-13-20-9-6-5-7-10-20/h5-12,23H,13-19H2,1-4H3,(H2,27,28). The van der Waals surface area contributed by atoms with Gasteiger partial charge in [-0.1, -0.05) is 49.4 Å². The van der Waals surface area contributed by atoms with Crippen molar-refractivity contribution >= 4 is 5.84 Å². The summed E-state index contributed by atoms with van der Waals surface area (Å²) in [4.78, 5) is 7.22. The van der Waals surface area contributed by atoms with Crippen LogP contribution in [0.2, 0.25) is 0 Å². The first kappa shape index (κ1) is 24.1. The molecule has 1 saturated heterocycles. The van der Waals surface area contributed by atoms with Gasteiger partial charge in [-0.25, -0.2) is 0 Å². The molecule has 2 aromatic carbocycles. The molecule has 1 unspecified atom stereocenters. The molecule has 2 aromatic rings. The van der Waals surface area contributed by atoms with Gasteiger partial charge >= 0.3 is 0 Å². The van der Waals surface area contributed by atoms with Crippen molar-refractivity contribution in [3.8, 4) is 11.5 Å². The Balaban J connectivity index is 1.87. The van der Waals surface area contributed by atoms with E-state index in [0.717, 1.165) is 44.5 Å². The lowest BCUT2D eigenvalue weighted by Gasteiger charge is -2.42. The molecule has 174 valence electrons. The fourth-order valence-electron chi connectivity index (χ4n) is 4.53. The molecule has 1 heterocycles. The molecule has 2 N–H and O–H groups in total. The summed E-state index contributed by atoms with van der Waals surface area (Å²) in [6, 6.07) is 16.2. The molecule has 1 fully saturated rings. The summed E-state index contributed by atoms with van der Waals surface area (Å²) < 4.78 is 16.8. The molecule has 3 rings (SSSR count). The van der Waals surface area contributed by atoms with Crippen LogP contribution < -0.4 is 15.2 Å². The van der Waals surface area contributed by atoms with E-state index in [1.807, 2.05) is 18.2 Å². The van der Waals surface area contributed by atoms with Crippen LogP contribution in [-0.4, -0.2) is 58.3 Å². The van der Waals surface area contributed by atoms with Gasteiger partial charge in [-0.15, -0.1) is 0 Å². The second kappa shape index (κ2) is 11.3. The molecular formula is C26H37N3O3. The molecule has 6 heteroatoms. The van der Waals surface area contributed by atoms with Crippen LogP contribution in [0.4, 0.5) is 0 Å². The highest BCUT2D eigenvalue weighted by atomic mass is 16.5. The van der Waals surface area contributed by atoms with E-state index >= 15 is 0 Å². The Bertz CT molecular complexity index is 877. The predicted octanol–water partition coefficient (Wildman–Crippen LogP) is 4.09. The molecule has 32 heavy (non-hydrogen) atoms. The minimum atomic E-state index is -0.164. The quantitative estimate of drug-likeness (QED) is 0.446. The van der Waals surface area contributed by atoms with Crippen LogP contribution in [0.15, 0.2) is 53.5 Å². The van der Waals surface area contributed by atoms with Gasteiger partial charge in [-0.05, 0) is 49.4 Å². The van der Waals surface area contributed by atoms with Gasteiger partial charge in [0.05, 0.1) is 26.9 Å². The lowest BCUT2D eigenvalue weighted by atomic mass is 9.80. The zero-order valence-electron chi connectivity index (χ0n) is 19.8. The third-order valence-electron chi connectivity index (χ3n) is 6.41. The maximum atomic E-state index is 6.67. The Hall–Kier alpha value is -2.57. The van der Waals surface area contributed by atoms with E-state index in [1.165, 1.54) is 5.56 Å². The minimum Gasteiger partial charge on any atom is -0.493 e. The Morgan fingerprint density at radius 2 is 1.75 bits per heavy atom. The van der Waals surface area contributed by atoms with E-state index in [2.05, 4.69) is 42.2 Å². The first-order valence-electron chi connectivity index (χ1n) is 11.3. The zero-order chi connectivity index (χ0) is 23.0. The Morgan fingerprint density at radius 1 is 1.03 bits per heavy atom. The predicted molar refractivity (Wildman–Crippen MR) is 130 cm³/mol. The normalized spacial score (nSPS) is 17.7. The molecule has 1 atom stereocenters. The number of methoxy groups -OCH3 is 3. The number of piperidine rings is 1. The smallest absolute Gasteiger partial charge is 0.165 e. The van der Waals surface area contributed by atoms with E-state index in [-0.39, 0.29) is 11.5 Å². The number of rotatable bonds is 10. The molecule has 0 aliphatic carbocycles. The monoisotopic (exact) mass is 439 g/mol. The van der Waals surface area contributed by atoms with Crippen LogP contribution in [0, 0.1) is 5.41 Å². The summed E-state index contributed by atoms with van der Waals surface area (Å²) in [5.74, 6) is 2.03. The number of likely N-dealkylation sites (tertiary alicyclic amines) is 1. The molecule has 0 spiro atoms. The third-order valence-corrected chi connectivity index (χ3v) is 6.41. The first-order valence-corrected chi connectivity index (χ1v) is 11.3. The van der Waals surface area contributed by atoms with Gasteiger partial charge in [0.15, 0.2) is 11.5 Å². The zero-order valence-corrected chi connectivity index (χ0v) is 19.8. The number of para-hydroxylation sites is 1. The highest BCUT2D eigenvalue weighted by Crippen LogP contribution is 2.40. The van der Waals surface area contributed by atoms with E-state index in [9.17, 15) is 0 Å². The molecule has 1 aliphatic rings. The molecule has 1 aliphatic heterocycles. The first-order chi connectivity index (χ1) is 15.5. The van der Waals surface area contributed by atoms with Crippen molar-refractivity contribution in [1.82, 2.24) is 4.90 Å². The van der Waals surface area contributed by atoms with Crippen LogP contribution in [0.25, 0.3) is 0 Å². The van der Waals surface area contributed by atoms with Crippen molar-refractivity contribution in [2.24, 2.45) is 16.1 Å². The lowest BCUT2D eigenvalue weighted by molar-refractivity contribution is 0.0284. The van der Waals surface area contributed by atoms with Crippen molar-refractivity contribution in [1.29, 1.82) is 0 Å². The molecule has 0 aromatic heterocycles. The van der Waals surface area contributed by atoms with Crippen molar-refractivity contribution in [3.05, 3.63) is 59.7 Å². The molecule has 0 bridgehead atoms. The van der Waals surface area contributed by atoms with Gasteiger partial charge in [0.2, 0.25) is 0 Å². The van der Waals surface area contributed by atoms with Crippen LogP contribution in [0.3, 0.4) is 0 Å². The third kappa shape index (κ3) is 5.81. The summed E-state index contributed by atoms with van der Waals surface area (Å²) in [7, 11) is 5.11. The van der Waals surface area contributed by atoms with Crippen LogP contribution in [0.5, 0.6) is 11.5 Å². The van der Waals surface area contributed by atoms with E-state index in [1.54, 1.807) is 21.3 Å². The molecule has 0 amide bonds. The fourth-order valence-corrected chi connectivity index (χ4v) is 4.53. The van der Waals surface area contributed by atoms with Gasteiger partial charge in [-0.2, -0.15) is 0 Å². The Labute approximate surface area is 192 Å². The number of ether oxygens (including phenoxy) is 3. The highest BCUT2D eigenvalue weighted by Gasteiger charge is 2.36. The van der Waals surface area contributed by atoms with Crippen LogP contribution in [-0.2, 0) is 11.2 Å². The van der Waals surface area contributed by atoms with E-state index in [0.29, 0.717) is 23.9 Å². The molecule has 0 saturated carbocycles. The average Bonchev–Trinajstić information content (AvgIpc) is 2.81. The van der Waals surface area contributed by atoms with Crippen molar-refractivity contribution < 1.29 is 14.2 Å². The number of nitrogens with zero attached hydrogens (tertiary/aromatic N) is 2. The van der Waals surface area contributed by atoms with Gasteiger partial charge < -0.3 is 19.9 Å². The maximum absolute atomic E-state index is 6.67. The number of hydrogen-bond acceptors (Lipinski definition) is 5. The summed E-state index contributed by atoms with van der Waals surface area (Å²) in [5.41, 5.74) is 9.11. The topological polar surface area (TPSA) is 69.3 Å². The SMILES string of the molecule is COCC1(C)CCN(C(C(N)=NCCc2ccccc2)c2cccc(OC)c2OC)CC1. The van der Waals surface area contributed by atoms with Crippen LogP contribution >= 0.6 is 0 Å². The molecule has 0 radical (unpaired) electrons. The van der Waals surface area contributed by atoms with Gasteiger partial charge in [-0.3, -0.25) is 9.89 Å². The van der Waals surface area contributed by atoms with E-state index < -0.39 is 0 Å². The number of benzene rings is 2. The van der Waals surface area contributed by atoms with Crippen molar-refractivity contribution in [3.63, 3.8) is 0 Å². The maximum Gasteiger partial charge on any atom is 0.165 e. The summed E-state index contributed by atoms with van der Waals surface area (Å²) in [6.07, 6.45) is 2.94. The second-order valence-electron chi connectivity index (χ2n) is 8.81. The number of amidine groups is 1. The molecule has 6 nitrogen and oxygen atoms in total. The Morgan fingerprint density at radius 3 is 2.38 bits per heavy atom. The second-order valence-corrected chi connectivity index (χ2v) is 8.81. The van der Waals surface area contributed by atoms with Gasteiger partial charge in [0.1, 0.15) is 5.84 Å². The highest BCUT2D eigenvalue weighted by molar-refractivity contribution is 5.88. The summed E-state index contributed by atoms with van der Waals surface area (Å²) in [6.45, 7) is 5.55. The minimum absolute atomic E-state index is 0.164. The number of aliphatic imine (C=N–C) groups is 1. The van der Waals surface area contributed by atoms with Gasteiger partial charge in [0.25, 0.3) is 0 Å². The summed E-state index contributed by atoms with van der Waals surface area (Å²) >= 11 is 0. The van der Waals surface area contributed by atoms with Gasteiger partial charge in [0, 0.05) is 19.2 Å². The average molecular weight is 440 g/mol. The molecular weight excluding hydrogens is 402 g/mol. The Kier molecular flexibility index (Phi) is 8.53. The fraction of sp³-hybridized carbons (Fsp3) is 0.500. The van der Waals surface area contributed by atoms with E-state index in [4.69, 9.17) is 24.9 Å². The number of nitrogens with two attached hydrogens (primary N) is 1. The van der Waals surface area contributed by atoms with Crippen molar-refractivity contribution in [2.45, 2.75) is 32.2 Å². The summed E-state index contributed by atoms with van der Waals surface area (Å²) in [5, 5.41) is 0. The van der Waals surface area contributed by atoms with Crippen LogP contribution in [0.1, 0.15) is 36.9 Å². The van der Waals surface area contributed by atoms with Crippen molar-refractivity contribution in [2.75, 3.05) is 47.6 Å². The number of hydrogen-bond donors (Lipinski definition) is 1. The lowest BCUT2D eigenvalue weighted by Crippen LogP contribution is -2.46.